The van der Waals surface area contributed by atoms with E-state index in [4.69, 9.17) is 11.6 Å². The zero-order chi connectivity index (χ0) is 23.0. The molecule has 4 aromatic rings. The van der Waals surface area contributed by atoms with Gasteiger partial charge in [-0.15, -0.1) is 0 Å². The van der Waals surface area contributed by atoms with E-state index in [0.717, 1.165) is 27.1 Å². The minimum absolute atomic E-state index is 0.00562. The third-order valence-corrected chi connectivity index (χ3v) is 6.03. The van der Waals surface area contributed by atoms with Crippen molar-refractivity contribution in [2.45, 2.75) is 19.8 Å². The topological polar surface area (TPSA) is 80.6 Å². The Labute approximate surface area is 198 Å². The number of pyridine rings is 1. The molecule has 0 saturated heterocycles. The number of hydrogen-bond donors (Lipinski definition) is 2. The summed E-state index contributed by atoms with van der Waals surface area (Å²) >= 11 is 9.56. The maximum absolute atomic E-state index is 13.6. The predicted molar refractivity (Wildman–Crippen MR) is 130 cm³/mol. The summed E-state index contributed by atoms with van der Waals surface area (Å²) in [7, 11) is 1.95. The second kappa shape index (κ2) is 8.77. The third-order valence-electron chi connectivity index (χ3n) is 5.14. The average Bonchev–Trinajstić information content (AvgIpc) is 3.26. The number of anilines is 4. The molecule has 4 rings (SSSR count). The van der Waals surface area contributed by atoms with Crippen molar-refractivity contribution in [1.82, 2.24) is 15.0 Å². The molecule has 0 fully saturated rings. The van der Waals surface area contributed by atoms with Crippen LogP contribution in [0.15, 0.2) is 47.3 Å². The van der Waals surface area contributed by atoms with Crippen LogP contribution in [0.4, 0.5) is 27.3 Å². The number of fused-ring (bicyclic) bond motifs is 1. The standard InChI is InChI=1S/C23H19BrClFN6/c1-12(2)20-23(30-11-29-20)32(3)15-7-16-21(31-14-4-5-19(26)18(25)6-14)13(9-27)10-28-22(16)17(24)8-15/h4-8,10-12H,1-3H3,(H,28,31)(H,29,30). The van der Waals surface area contributed by atoms with Gasteiger partial charge >= 0.3 is 0 Å². The van der Waals surface area contributed by atoms with Crippen molar-refractivity contribution >= 4 is 61.3 Å². The van der Waals surface area contributed by atoms with Crippen molar-refractivity contribution in [2.75, 3.05) is 17.3 Å². The lowest BCUT2D eigenvalue weighted by molar-refractivity contribution is 0.628. The van der Waals surface area contributed by atoms with E-state index in [1.165, 1.54) is 18.3 Å². The van der Waals surface area contributed by atoms with E-state index in [9.17, 15) is 9.65 Å². The van der Waals surface area contributed by atoms with Gasteiger partial charge in [0.25, 0.3) is 0 Å². The lowest BCUT2D eigenvalue weighted by atomic mass is 10.1. The van der Waals surface area contributed by atoms with Crippen LogP contribution in [0.5, 0.6) is 0 Å². The van der Waals surface area contributed by atoms with Crippen molar-refractivity contribution < 1.29 is 4.39 Å². The van der Waals surface area contributed by atoms with Gasteiger partial charge < -0.3 is 15.2 Å². The average molecular weight is 514 g/mol. The van der Waals surface area contributed by atoms with Gasteiger partial charge in [-0.1, -0.05) is 25.4 Å². The molecule has 0 unspecified atom stereocenters. The molecule has 162 valence electrons. The smallest absolute Gasteiger partial charge is 0.141 e. The summed E-state index contributed by atoms with van der Waals surface area (Å²) in [6, 6.07) is 10.4. The van der Waals surface area contributed by atoms with E-state index in [1.54, 1.807) is 12.4 Å². The van der Waals surface area contributed by atoms with Gasteiger partial charge in [-0.2, -0.15) is 5.26 Å². The molecule has 0 radical (unpaired) electrons. The molecule has 9 heteroatoms. The molecule has 2 N–H and O–H groups in total. The van der Waals surface area contributed by atoms with Gasteiger partial charge in [0.05, 0.1) is 33.8 Å². The summed E-state index contributed by atoms with van der Waals surface area (Å²) in [4.78, 5) is 14.1. The number of H-pyrrole nitrogens is 1. The van der Waals surface area contributed by atoms with Gasteiger partial charge in [-0.05, 0) is 52.2 Å². The highest BCUT2D eigenvalue weighted by Crippen LogP contribution is 2.38. The third kappa shape index (κ3) is 4.01. The monoisotopic (exact) mass is 512 g/mol. The fourth-order valence-corrected chi connectivity index (χ4v) is 4.23. The van der Waals surface area contributed by atoms with E-state index in [1.807, 2.05) is 24.1 Å². The number of nitrogens with zero attached hydrogens (tertiary/aromatic N) is 4. The van der Waals surface area contributed by atoms with Gasteiger partial charge in [-0.3, -0.25) is 4.98 Å². The lowest BCUT2D eigenvalue weighted by Crippen LogP contribution is -2.13. The molecule has 0 aliphatic heterocycles. The maximum atomic E-state index is 13.6. The Morgan fingerprint density at radius 2 is 2.03 bits per heavy atom. The van der Waals surface area contributed by atoms with Gasteiger partial charge in [0.15, 0.2) is 0 Å². The molecule has 0 spiro atoms. The number of benzene rings is 2. The molecular weight excluding hydrogens is 495 g/mol. The van der Waals surface area contributed by atoms with Crippen molar-refractivity contribution in [3.63, 3.8) is 0 Å². The van der Waals surface area contributed by atoms with Crippen LogP contribution in [0.3, 0.4) is 0 Å². The number of aromatic amines is 1. The van der Waals surface area contributed by atoms with Crippen LogP contribution in [0, 0.1) is 17.1 Å². The number of aromatic nitrogens is 3. The van der Waals surface area contributed by atoms with Crippen LogP contribution in [0.1, 0.15) is 31.0 Å². The fraction of sp³-hybridized carbons (Fsp3) is 0.174. The molecule has 0 atom stereocenters. The summed E-state index contributed by atoms with van der Waals surface area (Å²) in [5, 5.41) is 13.6. The number of hydrogen-bond acceptors (Lipinski definition) is 5. The minimum Gasteiger partial charge on any atom is -0.354 e. The van der Waals surface area contributed by atoms with Gasteiger partial charge in [0, 0.05) is 34.5 Å². The lowest BCUT2D eigenvalue weighted by Gasteiger charge is -2.22. The zero-order valence-corrected chi connectivity index (χ0v) is 19.9. The van der Waals surface area contributed by atoms with Crippen LogP contribution >= 0.6 is 27.5 Å². The quantitative estimate of drug-likeness (QED) is 0.300. The number of rotatable bonds is 5. The molecule has 2 heterocycles. The van der Waals surface area contributed by atoms with Crippen molar-refractivity contribution in [3.8, 4) is 6.07 Å². The normalized spacial score (nSPS) is 11.1. The summed E-state index contributed by atoms with van der Waals surface area (Å²) in [5.74, 6) is 0.620. The molecule has 0 aliphatic carbocycles. The number of halogens is 3. The summed E-state index contributed by atoms with van der Waals surface area (Å²) in [6.45, 7) is 4.17. The Bertz CT molecular complexity index is 1360. The SMILES string of the molecule is CC(C)c1nc[nH]c1N(C)c1cc(Br)c2ncc(C#N)c(Nc3ccc(F)c(Cl)c3)c2c1. The first-order valence-corrected chi connectivity index (χ1v) is 11.0. The molecule has 0 amide bonds. The largest absolute Gasteiger partial charge is 0.354 e. The Balaban J connectivity index is 1.88. The van der Waals surface area contributed by atoms with Crippen molar-refractivity contribution in [2.24, 2.45) is 0 Å². The Morgan fingerprint density at radius 1 is 1.25 bits per heavy atom. The highest BCUT2D eigenvalue weighted by Gasteiger charge is 2.18. The molecule has 32 heavy (non-hydrogen) atoms. The van der Waals surface area contributed by atoms with E-state index in [0.29, 0.717) is 22.5 Å². The Hall–Kier alpha value is -3.15. The minimum atomic E-state index is -0.510. The maximum Gasteiger partial charge on any atom is 0.141 e. The van der Waals surface area contributed by atoms with E-state index >= 15 is 0 Å². The van der Waals surface area contributed by atoms with Gasteiger partial charge in [0.2, 0.25) is 0 Å². The predicted octanol–water partition coefficient (Wildman–Crippen LogP) is 7.02. The fourth-order valence-electron chi connectivity index (χ4n) is 3.49. The van der Waals surface area contributed by atoms with Crippen LogP contribution < -0.4 is 10.2 Å². The first-order valence-electron chi connectivity index (χ1n) is 9.81. The first kappa shape index (κ1) is 22.1. The van der Waals surface area contributed by atoms with E-state index < -0.39 is 5.82 Å². The number of nitriles is 1. The van der Waals surface area contributed by atoms with E-state index in [2.05, 4.69) is 56.1 Å². The van der Waals surface area contributed by atoms with Gasteiger partial charge in [0.1, 0.15) is 17.7 Å². The van der Waals surface area contributed by atoms with Crippen LogP contribution in [0.25, 0.3) is 10.9 Å². The molecule has 2 aromatic carbocycles. The highest BCUT2D eigenvalue weighted by atomic mass is 79.9. The van der Waals surface area contributed by atoms with Crippen LogP contribution in [0.2, 0.25) is 5.02 Å². The Morgan fingerprint density at radius 3 is 2.72 bits per heavy atom. The van der Waals surface area contributed by atoms with Gasteiger partial charge in [-0.25, -0.2) is 9.37 Å². The number of imidazole rings is 1. The Kier molecular flexibility index (Phi) is 6.04. The van der Waals surface area contributed by atoms with E-state index in [-0.39, 0.29) is 10.9 Å². The number of nitrogens with one attached hydrogen (secondary N) is 2. The zero-order valence-electron chi connectivity index (χ0n) is 17.5. The molecule has 0 saturated carbocycles. The molecule has 0 aliphatic rings. The molecule has 6 nitrogen and oxygen atoms in total. The van der Waals surface area contributed by atoms with Crippen molar-refractivity contribution in [3.05, 3.63) is 69.4 Å². The second-order valence-electron chi connectivity index (χ2n) is 7.59. The van der Waals surface area contributed by atoms with Crippen molar-refractivity contribution in [1.29, 1.82) is 5.26 Å². The second-order valence-corrected chi connectivity index (χ2v) is 8.85. The van der Waals surface area contributed by atoms with Crippen LogP contribution in [-0.2, 0) is 0 Å². The summed E-state index contributed by atoms with van der Waals surface area (Å²) < 4.78 is 14.4. The first-order chi connectivity index (χ1) is 15.3. The highest BCUT2D eigenvalue weighted by molar-refractivity contribution is 9.10. The summed E-state index contributed by atoms with van der Waals surface area (Å²) in [5.41, 5.74) is 3.98. The molecule has 2 aromatic heterocycles. The van der Waals surface area contributed by atoms with Crippen LogP contribution in [-0.4, -0.2) is 22.0 Å². The molecular formula is C23H19BrClFN6. The summed E-state index contributed by atoms with van der Waals surface area (Å²) in [6.07, 6.45) is 3.19. The molecule has 0 bridgehead atoms.